The molecule has 28 heavy (non-hydrogen) atoms. The molecule has 2 aliphatic rings. The number of hydrogen-bond acceptors (Lipinski definition) is 3. The van der Waals surface area contributed by atoms with Crippen molar-refractivity contribution in [2.45, 2.75) is 52.4 Å². The van der Waals surface area contributed by atoms with Crippen molar-refractivity contribution >= 4 is 17.5 Å². The number of benzene rings is 1. The van der Waals surface area contributed by atoms with Gasteiger partial charge < -0.3 is 15.1 Å². The number of carbonyl (C=O) groups is 2. The maximum Gasteiger partial charge on any atom is 0.227 e. The van der Waals surface area contributed by atoms with Crippen molar-refractivity contribution in [3.05, 3.63) is 29.3 Å². The Bertz CT molecular complexity index is 700. The lowest BCUT2D eigenvalue weighted by atomic mass is 9.80. The minimum Gasteiger partial charge on any atom is -0.340 e. The molecule has 1 aliphatic carbocycles. The summed E-state index contributed by atoms with van der Waals surface area (Å²) in [4.78, 5) is 30.0. The van der Waals surface area contributed by atoms with Crippen LogP contribution in [-0.2, 0) is 9.59 Å². The van der Waals surface area contributed by atoms with Crippen LogP contribution in [0.3, 0.4) is 0 Å². The van der Waals surface area contributed by atoms with Gasteiger partial charge in [0.25, 0.3) is 0 Å². The molecule has 0 radical (unpaired) electrons. The zero-order chi connectivity index (χ0) is 20.3. The molecule has 1 aliphatic heterocycles. The fraction of sp³-hybridized carbons (Fsp3) is 0.652. The first-order valence-electron chi connectivity index (χ1n) is 10.7. The first-order chi connectivity index (χ1) is 13.4. The van der Waals surface area contributed by atoms with Crippen LogP contribution in [-0.4, -0.2) is 54.8 Å². The van der Waals surface area contributed by atoms with Crippen LogP contribution < -0.4 is 5.32 Å². The number of likely N-dealkylation sites (N-methyl/N-ethyl adjacent to an activating group) is 1. The van der Waals surface area contributed by atoms with Crippen LogP contribution in [0.4, 0.5) is 5.69 Å². The minimum atomic E-state index is 0.0103. The van der Waals surface area contributed by atoms with Gasteiger partial charge in [-0.25, -0.2) is 0 Å². The van der Waals surface area contributed by atoms with Crippen LogP contribution in [0.15, 0.2) is 18.2 Å². The first kappa shape index (κ1) is 20.8. The van der Waals surface area contributed by atoms with Crippen LogP contribution in [0, 0.1) is 18.8 Å². The molecule has 1 saturated carbocycles. The number of nitrogens with zero attached hydrogens (tertiary/aromatic N) is 2. The topological polar surface area (TPSA) is 52.7 Å². The van der Waals surface area contributed by atoms with E-state index >= 15 is 0 Å². The summed E-state index contributed by atoms with van der Waals surface area (Å²) in [5.41, 5.74) is 3.27. The van der Waals surface area contributed by atoms with E-state index in [9.17, 15) is 9.59 Å². The van der Waals surface area contributed by atoms with Gasteiger partial charge >= 0.3 is 0 Å². The molecular formula is C23H35N3O2. The molecule has 1 N–H and O–H groups in total. The smallest absolute Gasteiger partial charge is 0.227 e. The summed E-state index contributed by atoms with van der Waals surface area (Å²) in [5, 5.41) is 3.20. The van der Waals surface area contributed by atoms with Crippen molar-refractivity contribution in [1.82, 2.24) is 9.80 Å². The van der Waals surface area contributed by atoms with Crippen molar-refractivity contribution in [3.63, 3.8) is 0 Å². The third-order valence-corrected chi connectivity index (χ3v) is 6.44. The van der Waals surface area contributed by atoms with Gasteiger partial charge in [0.1, 0.15) is 0 Å². The van der Waals surface area contributed by atoms with Crippen LogP contribution in [0.1, 0.15) is 56.6 Å². The molecule has 0 spiro atoms. The molecule has 0 bridgehead atoms. The van der Waals surface area contributed by atoms with Crippen LogP contribution in [0.25, 0.3) is 0 Å². The third-order valence-electron chi connectivity index (χ3n) is 6.44. The van der Waals surface area contributed by atoms with E-state index in [0.29, 0.717) is 11.8 Å². The molecule has 0 aromatic heterocycles. The molecule has 5 nitrogen and oxygen atoms in total. The number of piperazine rings is 1. The molecule has 2 amide bonds. The van der Waals surface area contributed by atoms with E-state index in [4.69, 9.17) is 0 Å². The Balaban J connectivity index is 1.55. The van der Waals surface area contributed by atoms with Gasteiger partial charge in [-0.3, -0.25) is 9.59 Å². The molecular weight excluding hydrogens is 350 g/mol. The average Bonchev–Trinajstić information content (AvgIpc) is 2.69. The normalized spacial score (nSPS) is 23.7. The van der Waals surface area contributed by atoms with Gasteiger partial charge in [0, 0.05) is 43.7 Å². The summed E-state index contributed by atoms with van der Waals surface area (Å²) in [7, 11) is 2.10. The highest BCUT2D eigenvalue weighted by Gasteiger charge is 2.33. The minimum absolute atomic E-state index is 0.0103. The summed E-state index contributed by atoms with van der Waals surface area (Å²) < 4.78 is 0. The third kappa shape index (κ3) is 4.75. The second-order valence-corrected chi connectivity index (χ2v) is 8.86. The summed E-state index contributed by atoms with van der Waals surface area (Å²) >= 11 is 0. The highest BCUT2D eigenvalue weighted by Crippen LogP contribution is 2.33. The maximum absolute atomic E-state index is 12.9. The van der Waals surface area contributed by atoms with Crippen molar-refractivity contribution in [1.29, 1.82) is 0 Å². The van der Waals surface area contributed by atoms with Gasteiger partial charge in [-0.2, -0.15) is 0 Å². The number of rotatable bonds is 4. The Morgan fingerprint density at radius 3 is 2.21 bits per heavy atom. The predicted octanol–water partition coefficient (Wildman–Crippen LogP) is 3.64. The highest BCUT2D eigenvalue weighted by molar-refractivity contribution is 5.94. The molecule has 1 aromatic carbocycles. The largest absolute Gasteiger partial charge is 0.340 e. The zero-order valence-electron chi connectivity index (χ0n) is 17.8. The Kier molecular flexibility index (Phi) is 6.76. The molecule has 1 heterocycles. The number of hydrogen-bond donors (Lipinski definition) is 1. The van der Waals surface area contributed by atoms with E-state index in [2.05, 4.69) is 43.2 Å². The van der Waals surface area contributed by atoms with Crippen LogP contribution in [0.5, 0.6) is 0 Å². The lowest BCUT2D eigenvalue weighted by Crippen LogP contribution is -2.49. The number of para-hydroxylation sites is 1. The van der Waals surface area contributed by atoms with E-state index < -0.39 is 0 Å². The number of nitrogens with one attached hydrogen (secondary N) is 1. The highest BCUT2D eigenvalue weighted by atomic mass is 16.2. The number of amides is 2. The first-order valence-corrected chi connectivity index (χ1v) is 10.7. The Labute approximate surface area is 169 Å². The molecule has 5 heteroatoms. The van der Waals surface area contributed by atoms with Gasteiger partial charge in [-0.05, 0) is 56.7 Å². The van der Waals surface area contributed by atoms with Gasteiger partial charge in [0.05, 0.1) is 0 Å². The second-order valence-electron chi connectivity index (χ2n) is 8.86. The Hall–Kier alpha value is -1.88. The second kappa shape index (κ2) is 9.08. The van der Waals surface area contributed by atoms with Crippen LogP contribution >= 0.6 is 0 Å². The summed E-state index contributed by atoms with van der Waals surface area (Å²) in [6, 6.07) is 6.20. The van der Waals surface area contributed by atoms with E-state index in [-0.39, 0.29) is 17.7 Å². The molecule has 2 fully saturated rings. The predicted molar refractivity (Wildman–Crippen MR) is 113 cm³/mol. The van der Waals surface area contributed by atoms with E-state index in [1.807, 2.05) is 17.9 Å². The lowest BCUT2D eigenvalue weighted by Gasteiger charge is -2.36. The fourth-order valence-electron chi connectivity index (χ4n) is 4.46. The number of carbonyl (C=O) groups excluding carboxylic acids is 2. The molecule has 1 saturated heterocycles. The molecule has 154 valence electrons. The summed E-state index contributed by atoms with van der Waals surface area (Å²) in [6.07, 6.45) is 3.26. The SMILES string of the molecule is Cc1cccc(C(C)C)c1NC(=O)C1CCC(C(=O)N2CCN(C)CC2)CC1. The number of anilines is 1. The van der Waals surface area contributed by atoms with E-state index in [0.717, 1.165) is 63.1 Å². The monoisotopic (exact) mass is 385 g/mol. The average molecular weight is 386 g/mol. The fourth-order valence-corrected chi connectivity index (χ4v) is 4.46. The van der Waals surface area contributed by atoms with Crippen molar-refractivity contribution < 1.29 is 9.59 Å². The van der Waals surface area contributed by atoms with E-state index in [1.54, 1.807) is 0 Å². The Morgan fingerprint density at radius 2 is 1.61 bits per heavy atom. The lowest BCUT2D eigenvalue weighted by molar-refractivity contribution is -0.139. The van der Waals surface area contributed by atoms with Gasteiger partial charge in [-0.15, -0.1) is 0 Å². The van der Waals surface area contributed by atoms with Gasteiger partial charge in [0.2, 0.25) is 11.8 Å². The van der Waals surface area contributed by atoms with Crippen molar-refractivity contribution in [3.8, 4) is 0 Å². The number of aryl methyl sites for hydroxylation is 1. The quantitative estimate of drug-likeness (QED) is 0.861. The van der Waals surface area contributed by atoms with Gasteiger partial charge in [-0.1, -0.05) is 32.0 Å². The Morgan fingerprint density at radius 1 is 1.00 bits per heavy atom. The summed E-state index contributed by atoms with van der Waals surface area (Å²) in [6.45, 7) is 9.94. The van der Waals surface area contributed by atoms with Crippen molar-refractivity contribution in [2.75, 3.05) is 38.5 Å². The van der Waals surface area contributed by atoms with E-state index in [1.165, 1.54) is 5.56 Å². The maximum atomic E-state index is 12.9. The standard InChI is InChI=1S/C23H35N3O2/c1-16(2)20-7-5-6-17(3)21(20)24-22(27)18-8-10-19(11-9-18)23(28)26-14-12-25(4)13-15-26/h5-7,16,18-19H,8-15H2,1-4H3,(H,24,27). The van der Waals surface area contributed by atoms with Gasteiger partial charge in [0.15, 0.2) is 0 Å². The molecule has 3 rings (SSSR count). The van der Waals surface area contributed by atoms with Crippen molar-refractivity contribution in [2.24, 2.45) is 11.8 Å². The molecule has 0 atom stereocenters. The van der Waals surface area contributed by atoms with Crippen LogP contribution in [0.2, 0.25) is 0 Å². The molecule has 0 unspecified atom stereocenters. The zero-order valence-corrected chi connectivity index (χ0v) is 17.8. The molecule has 1 aromatic rings. The summed E-state index contributed by atoms with van der Waals surface area (Å²) in [5.74, 6) is 0.884.